The number of rotatable bonds is 7. The second-order valence-electron chi connectivity index (χ2n) is 6.72. The third-order valence-corrected chi connectivity index (χ3v) is 5.21. The van der Waals surface area contributed by atoms with Crippen LogP contribution in [0.3, 0.4) is 0 Å². The van der Waals surface area contributed by atoms with Crippen molar-refractivity contribution in [1.29, 1.82) is 0 Å². The van der Waals surface area contributed by atoms with Crippen molar-refractivity contribution >= 4 is 9.84 Å². The molecule has 1 aliphatic rings. The summed E-state index contributed by atoms with van der Waals surface area (Å²) in [6.07, 6.45) is 2.05. The van der Waals surface area contributed by atoms with Crippen LogP contribution in [0.5, 0.6) is 0 Å². The van der Waals surface area contributed by atoms with Crippen LogP contribution in [0.2, 0.25) is 0 Å². The Morgan fingerprint density at radius 3 is 2.80 bits per heavy atom. The zero-order chi connectivity index (χ0) is 18.0. The quantitative estimate of drug-likeness (QED) is 0.798. The third kappa shape index (κ3) is 4.71. The first-order valence-electron chi connectivity index (χ1n) is 8.56. The van der Waals surface area contributed by atoms with Crippen molar-refractivity contribution in [1.82, 2.24) is 14.7 Å². The summed E-state index contributed by atoms with van der Waals surface area (Å²) in [7, 11) is -3.25. The molecule has 0 aliphatic carbocycles. The third-order valence-electron chi connectivity index (χ3n) is 4.29. The van der Waals surface area contributed by atoms with Gasteiger partial charge in [0.05, 0.1) is 30.2 Å². The number of hydrogen-bond donors (Lipinski definition) is 1. The monoisotopic (exact) mass is 367 g/mol. The molecule has 0 bridgehead atoms. The van der Waals surface area contributed by atoms with E-state index in [-0.39, 0.29) is 5.75 Å². The van der Waals surface area contributed by atoms with E-state index in [9.17, 15) is 13.5 Å². The van der Waals surface area contributed by atoms with Crippen molar-refractivity contribution in [2.75, 3.05) is 18.6 Å². The Balaban J connectivity index is 1.64. The minimum atomic E-state index is -3.25. The molecule has 2 aromatic heterocycles. The van der Waals surface area contributed by atoms with Crippen LogP contribution in [0.1, 0.15) is 42.4 Å². The SMILES string of the molecule is CCCc1ccc(CN2CCn3nc([C@H](O)CS(C)(=O)=O)cc3C2)o1. The summed E-state index contributed by atoms with van der Waals surface area (Å²) in [6, 6.07) is 5.86. The van der Waals surface area contributed by atoms with Crippen LogP contribution in [0.25, 0.3) is 0 Å². The van der Waals surface area contributed by atoms with Crippen LogP contribution in [0.4, 0.5) is 0 Å². The highest BCUT2D eigenvalue weighted by molar-refractivity contribution is 7.90. The van der Waals surface area contributed by atoms with E-state index in [0.29, 0.717) is 18.8 Å². The van der Waals surface area contributed by atoms with E-state index in [2.05, 4.69) is 16.9 Å². The number of aliphatic hydroxyl groups excluding tert-OH is 1. The zero-order valence-electron chi connectivity index (χ0n) is 14.7. The molecule has 8 heteroatoms. The van der Waals surface area contributed by atoms with E-state index in [4.69, 9.17) is 4.42 Å². The fraction of sp³-hybridized carbons (Fsp3) is 0.588. The average Bonchev–Trinajstić information content (AvgIpc) is 3.12. The molecule has 1 N–H and O–H groups in total. The first-order chi connectivity index (χ1) is 11.8. The molecule has 0 spiro atoms. The molecule has 138 valence electrons. The maximum absolute atomic E-state index is 11.3. The molecule has 25 heavy (non-hydrogen) atoms. The Hall–Kier alpha value is -1.64. The summed E-state index contributed by atoms with van der Waals surface area (Å²) in [5.74, 6) is 1.67. The van der Waals surface area contributed by atoms with Crippen molar-refractivity contribution < 1.29 is 17.9 Å². The molecule has 0 amide bonds. The predicted molar refractivity (Wildman–Crippen MR) is 93.7 cm³/mol. The number of nitrogens with zero attached hydrogens (tertiary/aromatic N) is 3. The van der Waals surface area contributed by atoms with Gasteiger partial charge in [-0.3, -0.25) is 9.58 Å². The van der Waals surface area contributed by atoms with Gasteiger partial charge in [0, 0.05) is 25.8 Å². The van der Waals surface area contributed by atoms with Crippen LogP contribution in [0.15, 0.2) is 22.6 Å². The first kappa shape index (κ1) is 18.2. The summed E-state index contributed by atoms with van der Waals surface area (Å²) < 4.78 is 30.4. The van der Waals surface area contributed by atoms with E-state index in [1.807, 2.05) is 16.8 Å². The van der Waals surface area contributed by atoms with Gasteiger partial charge in [-0.25, -0.2) is 8.42 Å². The van der Waals surface area contributed by atoms with Gasteiger partial charge in [-0.2, -0.15) is 5.10 Å². The van der Waals surface area contributed by atoms with E-state index in [1.54, 1.807) is 6.07 Å². The summed E-state index contributed by atoms with van der Waals surface area (Å²) in [4.78, 5) is 2.26. The molecular weight excluding hydrogens is 342 g/mol. The number of aryl methyl sites for hydroxylation is 1. The second kappa shape index (κ2) is 7.31. The first-order valence-corrected chi connectivity index (χ1v) is 10.6. The number of fused-ring (bicyclic) bond motifs is 1. The van der Waals surface area contributed by atoms with E-state index in [1.165, 1.54) is 0 Å². The Kier molecular flexibility index (Phi) is 5.31. The van der Waals surface area contributed by atoms with Crippen LogP contribution in [-0.4, -0.2) is 46.8 Å². The Morgan fingerprint density at radius 2 is 2.08 bits per heavy atom. The molecule has 3 heterocycles. The number of furan rings is 1. The largest absolute Gasteiger partial charge is 0.465 e. The van der Waals surface area contributed by atoms with E-state index < -0.39 is 15.9 Å². The molecule has 0 aromatic carbocycles. The highest BCUT2D eigenvalue weighted by atomic mass is 32.2. The number of aromatic nitrogens is 2. The highest BCUT2D eigenvalue weighted by Crippen LogP contribution is 2.21. The molecule has 1 aliphatic heterocycles. The van der Waals surface area contributed by atoms with Gasteiger partial charge in [0.2, 0.25) is 0 Å². The zero-order valence-corrected chi connectivity index (χ0v) is 15.5. The van der Waals surface area contributed by atoms with Gasteiger partial charge in [-0.1, -0.05) is 6.92 Å². The molecule has 3 rings (SSSR count). The maximum Gasteiger partial charge on any atom is 0.150 e. The lowest BCUT2D eigenvalue weighted by atomic mass is 10.2. The Labute approximate surface area is 148 Å². The summed E-state index contributed by atoms with van der Waals surface area (Å²) in [6.45, 7) is 5.10. The van der Waals surface area contributed by atoms with Crippen LogP contribution < -0.4 is 0 Å². The van der Waals surface area contributed by atoms with Crippen LogP contribution in [-0.2, 0) is 35.9 Å². The van der Waals surface area contributed by atoms with Crippen LogP contribution >= 0.6 is 0 Å². The lowest BCUT2D eigenvalue weighted by Crippen LogP contribution is -2.33. The van der Waals surface area contributed by atoms with Crippen molar-refractivity contribution in [3.63, 3.8) is 0 Å². The van der Waals surface area contributed by atoms with Crippen molar-refractivity contribution in [3.8, 4) is 0 Å². The lowest BCUT2D eigenvalue weighted by molar-refractivity contribution is 0.184. The van der Waals surface area contributed by atoms with Crippen LogP contribution in [0, 0.1) is 0 Å². The molecule has 0 unspecified atom stereocenters. The fourth-order valence-electron chi connectivity index (χ4n) is 3.12. The smallest absolute Gasteiger partial charge is 0.150 e. The molecule has 0 radical (unpaired) electrons. The minimum Gasteiger partial charge on any atom is -0.465 e. The molecule has 0 fully saturated rings. The summed E-state index contributed by atoms with van der Waals surface area (Å²) in [5.41, 5.74) is 1.40. The topological polar surface area (TPSA) is 88.6 Å². The number of aliphatic hydroxyl groups is 1. The van der Waals surface area contributed by atoms with E-state index >= 15 is 0 Å². The molecule has 2 aromatic rings. The normalized spacial score (nSPS) is 16.8. The van der Waals surface area contributed by atoms with Crippen molar-refractivity contribution in [2.45, 2.75) is 45.5 Å². The molecule has 1 atom stereocenters. The second-order valence-corrected chi connectivity index (χ2v) is 8.91. The summed E-state index contributed by atoms with van der Waals surface area (Å²) in [5, 5.41) is 14.4. The number of sulfone groups is 1. The van der Waals surface area contributed by atoms with Gasteiger partial charge >= 0.3 is 0 Å². The highest BCUT2D eigenvalue weighted by Gasteiger charge is 2.23. The van der Waals surface area contributed by atoms with Gasteiger partial charge in [0.15, 0.2) is 0 Å². The maximum atomic E-state index is 11.3. The van der Waals surface area contributed by atoms with Gasteiger partial charge < -0.3 is 9.52 Å². The van der Waals surface area contributed by atoms with Gasteiger partial charge in [-0.05, 0) is 24.6 Å². The van der Waals surface area contributed by atoms with Gasteiger partial charge in [0.1, 0.15) is 27.5 Å². The van der Waals surface area contributed by atoms with E-state index in [0.717, 1.165) is 49.4 Å². The number of hydrogen-bond acceptors (Lipinski definition) is 6. The lowest BCUT2D eigenvalue weighted by Gasteiger charge is -2.26. The Bertz CT molecular complexity index is 825. The molecule has 0 saturated carbocycles. The van der Waals surface area contributed by atoms with Gasteiger partial charge in [-0.15, -0.1) is 0 Å². The molecular formula is C17H25N3O4S. The fourth-order valence-corrected chi connectivity index (χ4v) is 3.87. The average molecular weight is 367 g/mol. The molecule has 7 nitrogen and oxygen atoms in total. The summed E-state index contributed by atoms with van der Waals surface area (Å²) >= 11 is 0. The minimum absolute atomic E-state index is 0.306. The molecule has 0 saturated heterocycles. The van der Waals surface area contributed by atoms with Crippen molar-refractivity contribution in [3.05, 3.63) is 41.1 Å². The predicted octanol–water partition coefficient (Wildman–Crippen LogP) is 1.52. The standard InChI is InChI=1S/C17H25N3O4S/c1-3-4-14-5-6-15(24-14)11-19-7-8-20-13(10-19)9-16(18-20)17(21)12-25(2,22)23/h5-6,9,17,21H,3-4,7-8,10-12H2,1-2H3/t17-/m1/s1. The Morgan fingerprint density at radius 1 is 1.32 bits per heavy atom. The van der Waals surface area contributed by atoms with Gasteiger partial charge in [0.25, 0.3) is 0 Å². The van der Waals surface area contributed by atoms with Crippen molar-refractivity contribution in [2.24, 2.45) is 0 Å².